The summed E-state index contributed by atoms with van der Waals surface area (Å²) in [6, 6.07) is 19.0. The van der Waals surface area contributed by atoms with Crippen molar-refractivity contribution >= 4 is 18.1 Å². The molecule has 0 spiro atoms. The van der Waals surface area contributed by atoms with Gasteiger partial charge in [0.15, 0.2) is 0 Å². The number of rotatable bonds is 6. The lowest BCUT2D eigenvalue weighted by molar-refractivity contribution is 0.0950. The van der Waals surface area contributed by atoms with Crippen molar-refractivity contribution in [1.29, 1.82) is 0 Å². The fourth-order valence-electron chi connectivity index (χ4n) is 3.49. The zero-order valence-electron chi connectivity index (χ0n) is 17.5. The predicted octanol–water partition coefficient (Wildman–Crippen LogP) is 3.91. The Morgan fingerprint density at radius 3 is 2.61 bits per heavy atom. The minimum Gasteiger partial charge on any atom is -0.497 e. The molecular weight excluding hydrogens is 390 g/mol. The van der Waals surface area contributed by atoms with E-state index in [0.717, 1.165) is 48.5 Å². The van der Waals surface area contributed by atoms with Gasteiger partial charge in [-0.15, -0.1) is 0 Å². The third kappa shape index (κ3) is 5.25. The van der Waals surface area contributed by atoms with Gasteiger partial charge >= 0.3 is 0 Å². The highest BCUT2D eigenvalue weighted by molar-refractivity contribution is 5.94. The van der Waals surface area contributed by atoms with E-state index in [4.69, 9.17) is 9.72 Å². The molecule has 0 saturated carbocycles. The number of aromatic nitrogens is 2. The van der Waals surface area contributed by atoms with Gasteiger partial charge in [0.1, 0.15) is 11.4 Å². The van der Waals surface area contributed by atoms with Crippen LogP contribution in [0.25, 0.3) is 11.3 Å². The lowest BCUT2D eigenvalue weighted by atomic mass is 10.1. The molecule has 0 radical (unpaired) electrons. The summed E-state index contributed by atoms with van der Waals surface area (Å²) in [5.41, 5.74) is 5.35. The summed E-state index contributed by atoms with van der Waals surface area (Å²) in [7, 11) is 1.61. The summed E-state index contributed by atoms with van der Waals surface area (Å²) in [5.74, 6) is 0.935. The van der Waals surface area contributed by atoms with E-state index in [0.29, 0.717) is 5.95 Å². The largest absolute Gasteiger partial charge is 0.497 e. The van der Waals surface area contributed by atoms with Gasteiger partial charge in [0, 0.05) is 18.7 Å². The molecule has 0 atom stereocenters. The van der Waals surface area contributed by atoms with Crippen molar-refractivity contribution in [2.24, 2.45) is 5.10 Å². The maximum atomic E-state index is 12.8. The first kappa shape index (κ1) is 20.5. The topological polar surface area (TPSA) is 79.7 Å². The lowest BCUT2D eigenvalue weighted by Gasteiger charge is -2.27. The second kappa shape index (κ2) is 9.84. The van der Waals surface area contributed by atoms with E-state index < -0.39 is 0 Å². The maximum absolute atomic E-state index is 12.8. The molecule has 2 heterocycles. The number of carbonyl (C=O) groups is 1. The number of anilines is 1. The Morgan fingerprint density at radius 1 is 1.03 bits per heavy atom. The molecule has 7 nitrogen and oxygen atoms in total. The van der Waals surface area contributed by atoms with Crippen LogP contribution in [-0.2, 0) is 0 Å². The van der Waals surface area contributed by atoms with Crippen LogP contribution in [0.1, 0.15) is 35.3 Å². The van der Waals surface area contributed by atoms with Crippen LogP contribution in [0.5, 0.6) is 5.75 Å². The summed E-state index contributed by atoms with van der Waals surface area (Å²) in [6.45, 7) is 1.79. The number of nitrogens with zero attached hydrogens (tertiary/aromatic N) is 4. The number of ether oxygens (including phenoxy) is 1. The average molecular weight is 415 g/mol. The number of hydrogen-bond acceptors (Lipinski definition) is 6. The quantitative estimate of drug-likeness (QED) is 0.488. The number of methoxy groups -OCH3 is 1. The van der Waals surface area contributed by atoms with Gasteiger partial charge in [-0.2, -0.15) is 5.10 Å². The first-order chi connectivity index (χ1) is 15.2. The first-order valence-electron chi connectivity index (χ1n) is 10.4. The van der Waals surface area contributed by atoms with Gasteiger partial charge in [0.25, 0.3) is 5.91 Å². The van der Waals surface area contributed by atoms with Gasteiger partial charge in [0.2, 0.25) is 5.95 Å². The Morgan fingerprint density at radius 2 is 1.84 bits per heavy atom. The number of nitrogens with one attached hydrogen (secondary N) is 1. The summed E-state index contributed by atoms with van der Waals surface area (Å²) in [4.78, 5) is 24.2. The van der Waals surface area contributed by atoms with E-state index in [1.165, 1.54) is 6.42 Å². The number of benzene rings is 2. The van der Waals surface area contributed by atoms with Crippen LogP contribution in [0.2, 0.25) is 0 Å². The molecule has 2 aromatic carbocycles. The van der Waals surface area contributed by atoms with E-state index in [-0.39, 0.29) is 11.6 Å². The Balaban J connectivity index is 1.58. The average Bonchev–Trinajstić information content (AvgIpc) is 2.85. The smallest absolute Gasteiger partial charge is 0.290 e. The maximum Gasteiger partial charge on any atom is 0.290 e. The standard InChI is InChI=1S/C24H25N5O2/c1-31-20-12-8-9-18(15-20)17-25-28-23(30)22-16-21(19-10-4-2-5-11-19)26-24(27-22)29-13-6-3-7-14-29/h2,4-5,8-12,15-17H,3,6-7,13-14H2,1H3,(H,28,30)/b25-17+. The molecule has 1 aliphatic heterocycles. The molecule has 0 aliphatic carbocycles. The van der Waals surface area contributed by atoms with Crippen molar-refractivity contribution in [3.05, 3.63) is 71.9 Å². The minimum atomic E-state index is -0.378. The first-order valence-corrected chi connectivity index (χ1v) is 10.4. The Labute approximate surface area is 181 Å². The number of hydrazone groups is 1. The minimum absolute atomic E-state index is 0.289. The summed E-state index contributed by atoms with van der Waals surface area (Å²) >= 11 is 0. The molecule has 1 saturated heterocycles. The molecule has 3 aromatic rings. The molecule has 4 rings (SSSR count). The van der Waals surface area contributed by atoms with Gasteiger partial charge in [-0.1, -0.05) is 42.5 Å². The monoisotopic (exact) mass is 415 g/mol. The van der Waals surface area contributed by atoms with Gasteiger partial charge in [-0.3, -0.25) is 4.79 Å². The van der Waals surface area contributed by atoms with Crippen LogP contribution in [0.3, 0.4) is 0 Å². The van der Waals surface area contributed by atoms with Crippen molar-refractivity contribution in [3.63, 3.8) is 0 Å². The van der Waals surface area contributed by atoms with Crippen LogP contribution in [0.15, 0.2) is 65.8 Å². The van der Waals surface area contributed by atoms with Crippen LogP contribution in [0, 0.1) is 0 Å². The number of amides is 1. The lowest BCUT2D eigenvalue weighted by Crippen LogP contribution is -2.32. The Hall–Kier alpha value is -3.74. The fraction of sp³-hybridized carbons (Fsp3) is 0.250. The fourth-order valence-corrected chi connectivity index (χ4v) is 3.49. The third-order valence-corrected chi connectivity index (χ3v) is 5.13. The van der Waals surface area contributed by atoms with Gasteiger partial charge in [-0.05, 0) is 43.0 Å². The highest BCUT2D eigenvalue weighted by Crippen LogP contribution is 2.23. The van der Waals surface area contributed by atoms with Crippen molar-refractivity contribution in [1.82, 2.24) is 15.4 Å². The summed E-state index contributed by atoms with van der Waals surface area (Å²) in [5, 5.41) is 4.08. The van der Waals surface area contributed by atoms with Gasteiger partial charge in [-0.25, -0.2) is 15.4 Å². The second-order valence-electron chi connectivity index (χ2n) is 7.33. The molecule has 31 heavy (non-hydrogen) atoms. The third-order valence-electron chi connectivity index (χ3n) is 5.13. The number of carbonyl (C=O) groups excluding carboxylic acids is 1. The van der Waals surface area contributed by atoms with Gasteiger partial charge in [0.05, 0.1) is 19.0 Å². The normalized spacial score (nSPS) is 13.9. The van der Waals surface area contributed by atoms with Crippen LogP contribution >= 0.6 is 0 Å². The highest BCUT2D eigenvalue weighted by Gasteiger charge is 2.18. The molecule has 1 fully saturated rings. The van der Waals surface area contributed by atoms with Gasteiger partial charge < -0.3 is 9.64 Å². The zero-order chi connectivity index (χ0) is 21.5. The Kier molecular flexibility index (Phi) is 6.52. The van der Waals surface area contributed by atoms with E-state index >= 15 is 0 Å². The van der Waals surface area contributed by atoms with Crippen molar-refractivity contribution in [3.8, 4) is 17.0 Å². The summed E-state index contributed by atoms with van der Waals surface area (Å²) in [6.07, 6.45) is 4.99. The van der Waals surface area contributed by atoms with Crippen molar-refractivity contribution < 1.29 is 9.53 Å². The van der Waals surface area contributed by atoms with E-state index in [2.05, 4.69) is 20.4 Å². The molecule has 158 valence electrons. The molecule has 1 aromatic heterocycles. The molecule has 0 unspecified atom stereocenters. The Bertz CT molecular complexity index is 1060. The van der Waals surface area contributed by atoms with Crippen LogP contribution < -0.4 is 15.1 Å². The molecule has 1 amide bonds. The van der Waals surface area contributed by atoms with Crippen molar-refractivity contribution in [2.45, 2.75) is 19.3 Å². The van der Waals surface area contributed by atoms with Crippen LogP contribution in [0.4, 0.5) is 5.95 Å². The zero-order valence-corrected chi connectivity index (χ0v) is 17.5. The molecular formula is C24H25N5O2. The molecule has 7 heteroatoms. The predicted molar refractivity (Wildman–Crippen MR) is 122 cm³/mol. The van der Waals surface area contributed by atoms with Crippen molar-refractivity contribution in [2.75, 3.05) is 25.1 Å². The van der Waals surface area contributed by atoms with E-state index in [1.54, 1.807) is 19.4 Å². The number of hydrogen-bond donors (Lipinski definition) is 1. The second-order valence-corrected chi connectivity index (χ2v) is 7.33. The van der Waals surface area contributed by atoms with E-state index in [1.807, 2.05) is 54.6 Å². The SMILES string of the molecule is COc1cccc(/C=N/NC(=O)c2cc(-c3ccccc3)nc(N3CCCCC3)n2)c1. The molecule has 0 bridgehead atoms. The van der Waals surface area contributed by atoms with Crippen LogP contribution in [-0.4, -0.2) is 42.3 Å². The summed E-state index contributed by atoms with van der Waals surface area (Å²) < 4.78 is 5.21. The molecule has 1 aliphatic rings. The highest BCUT2D eigenvalue weighted by atomic mass is 16.5. The number of piperidine rings is 1. The molecule has 1 N–H and O–H groups in total. The van der Waals surface area contributed by atoms with E-state index in [9.17, 15) is 4.79 Å².